The predicted molar refractivity (Wildman–Crippen MR) is 70.5 cm³/mol. The number of rotatable bonds is 8. The van der Waals surface area contributed by atoms with Gasteiger partial charge >= 0.3 is 5.97 Å². The molecule has 0 spiro atoms. The van der Waals surface area contributed by atoms with Gasteiger partial charge in [-0.2, -0.15) is 0 Å². The summed E-state index contributed by atoms with van der Waals surface area (Å²) in [5.41, 5.74) is 0.478. The van der Waals surface area contributed by atoms with E-state index in [0.29, 0.717) is 17.9 Å². The fraction of sp³-hybridized carbons (Fsp3) is 0.286. The van der Waals surface area contributed by atoms with Gasteiger partial charge in [-0.15, -0.1) is 10.1 Å². The highest BCUT2D eigenvalue weighted by atomic mass is 17.3. The Labute approximate surface area is 125 Å². The Bertz CT molecular complexity index is 590. The molecule has 1 heterocycles. The minimum Gasteiger partial charge on any atom is -0.476 e. The second-order valence-electron chi connectivity index (χ2n) is 4.53. The number of carbonyl (C=O) groups is 4. The Kier molecular flexibility index (Phi) is 4.97. The number of carbonyl (C=O) groups excluding carboxylic acids is 3. The fourth-order valence-electron chi connectivity index (χ4n) is 1.88. The van der Waals surface area contributed by atoms with Crippen LogP contribution in [0, 0.1) is 0 Å². The van der Waals surface area contributed by atoms with Crippen molar-refractivity contribution in [3.63, 3.8) is 0 Å². The van der Waals surface area contributed by atoms with Crippen LogP contribution in [0.25, 0.3) is 0 Å². The summed E-state index contributed by atoms with van der Waals surface area (Å²) < 4.78 is 0. The molecule has 0 aromatic heterocycles. The zero-order valence-electron chi connectivity index (χ0n) is 11.5. The van der Waals surface area contributed by atoms with Crippen molar-refractivity contribution in [2.75, 3.05) is 6.61 Å². The molecule has 8 nitrogen and oxygen atoms in total. The van der Waals surface area contributed by atoms with E-state index in [0.717, 1.165) is 0 Å². The summed E-state index contributed by atoms with van der Waals surface area (Å²) >= 11 is 0. The molecule has 0 fully saturated rings. The maximum Gasteiger partial charge on any atom is 0.372 e. The number of hydrogen-bond acceptors (Lipinski definition) is 6. The molecule has 1 aliphatic rings. The average Bonchev–Trinajstić information content (AvgIpc) is 2.75. The van der Waals surface area contributed by atoms with Gasteiger partial charge in [0.2, 0.25) is 5.78 Å². The van der Waals surface area contributed by atoms with E-state index < -0.39 is 23.6 Å². The molecule has 0 saturated heterocycles. The smallest absolute Gasteiger partial charge is 0.372 e. The molecular formula is C14H13NO7. The summed E-state index contributed by atoms with van der Waals surface area (Å²) in [6.45, 7) is 0.0142. The third-order valence-electron chi connectivity index (χ3n) is 3.00. The van der Waals surface area contributed by atoms with Crippen LogP contribution in [0.4, 0.5) is 0 Å². The number of hydroxylamine groups is 2. The molecule has 22 heavy (non-hydrogen) atoms. The van der Waals surface area contributed by atoms with Crippen LogP contribution in [0.3, 0.4) is 0 Å². The van der Waals surface area contributed by atoms with Crippen molar-refractivity contribution in [1.82, 2.24) is 5.06 Å². The number of fused-ring (bicyclic) bond motifs is 1. The second kappa shape index (κ2) is 6.92. The molecule has 2 rings (SSSR count). The highest BCUT2D eigenvalue weighted by molar-refractivity contribution is 6.32. The lowest BCUT2D eigenvalue weighted by Gasteiger charge is -2.11. The molecule has 1 aromatic carbocycles. The number of carboxylic acid groups (broad SMARTS) is 1. The lowest BCUT2D eigenvalue weighted by Crippen LogP contribution is -2.30. The summed E-state index contributed by atoms with van der Waals surface area (Å²) in [7, 11) is 0. The topological polar surface area (TPSA) is 110 Å². The van der Waals surface area contributed by atoms with E-state index in [2.05, 4.69) is 0 Å². The zero-order valence-corrected chi connectivity index (χ0v) is 11.5. The normalized spacial score (nSPS) is 13.4. The summed E-state index contributed by atoms with van der Waals surface area (Å²) in [5.74, 6) is -3.56. The van der Waals surface area contributed by atoms with Gasteiger partial charge in [0.25, 0.3) is 11.8 Å². The van der Waals surface area contributed by atoms with Gasteiger partial charge in [0, 0.05) is 6.42 Å². The Hall–Kier alpha value is -2.58. The second-order valence-corrected chi connectivity index (χ2v) is 4.53. The van der Waals surface area contributed by atoms with Crippen molar-refractivity contribution in [3.05, 3.63) is 35.4 Å². The van der Waals surface area contributed by atoms with Crippen LogP contribution in [-0.4, -0.2) is 40.3 Å². The van der Waals surface area contributed by atoms with Crippen LogP contribution in [0.15, 0.2) is 24.3 Å². The molecule has 8 heteroatoms. The number of benzene rings is 1. The van der Waals surface area contributed by atoms with Gasteiger partial charge in [0.1, 0.15) is 0 Å². The van der Waals surface area contributed by atoms with Crippen molar-refractivity contribution >= 4 is 23.6 Å². The maximum absolute atomic E-state index is 11.9. The molecule has 1 aliphatic heterocycles. The SMILES string of the molecule is O=C(O)C(=O)CCCCOON1C(=O)c2ccccc2C1=O. The Balaban J connectivity index is 1.73. The maximum atomic E-state index is 11.9. The van der Waals surface area contributed by atoms with Crippen LogP contribution in [0.1, 0.15) is 40.0 Å². The van der Waals surface area contributed by atoms with Crippen molar-refractivity contribution < 1.29 is 34.2 Å². The minimum atomic E-state index is -1.47. The quantitative estimate of drug-likeness (QED) is 0.250. The first-order valence-electron chi connectivity index (χ1n) is 6.56. The molecule has 116 valence electrons. The number of ketones is 1. The van der Waals surface area contributed by atoms with Crippen LogP contribution in [0.5, 0.6) is 0 Å². The van der Waals surface area contributed by atoms with Gasteiger partial charge in [-0.05, 0) is 25.0 Å². The monoisotopic (exact) mass is 307 g/mol. The molecule has 1 aromatic rings. The van der Waals surface area contributed by atoms with E-state index >= 15 is 0 Å². The van der Waals surface area contributed by atoms with Gasteiger partial charge in [-0.3, -0.25) is 14.4 Å². The summed E-state index contributed by atoms with van der Waals surface area (Å²) in [4.78, 5) is 54.3. The number of imide groups is 1. The van der Waals surface area contributed by atoms with Gasteiger partial charge in [0.05, 0.1) is 17.7 Å². The van der Waals surface area contributed by atoms with Crippen molar-refractivity contribution in [1.29, 1.82) is 0 Å². The van der Waals surface area contributed by atoms with Crippen LogP contribution < -0.4 is 0 Å². The van der Waals surface area contributed by atoms with Crippen LogP contribution in [-0.2, 0) is 19.5 Å². The number of Topliss-reactive ketones (excluding diaryl/α,β-unsaturated/α-hetero) is 1. The van der Waals surface area contributed by atoms with E-state index in [-0.39, 0.29) is 24.2 Å². The third kappa shape index (κ3) is 3.35. The first kappa shape index (κ1) is 15.8. The fourth-order valence-corrected chi connectivity index (χ4v) is 1.88. The van der Waals surface area contributed by atoms with Crippen molar-refractivity contribution in [2.45, 2.75) is 19.3 Å². The largest absolute Gasteiger partial charge is 0.476 e. The number of nitrogens with zero attached hydrogens (tertiary/aromatic N) is 1. The molecule has 0 aliphatic carbocycles. The summed E-state index contributed by atoms with van der Waals surface area (Å²) in [6.07, 6.45) is 0.546. The van der Waals surface area contributed by atoms with Gasteiger partial charge in [-0.25, -0.2) is 9.68 Å². The van der Waals surface area contributed by atoms with E-state index in [4.69, 9.17) is 15.0 Å². The number of unbranched alkanes of at least 4 members (excludes halogenated alkanes) is 1. The summed E-state index contributed by atoms with van der Waals surface area (Å²) in [5, 5.41) is 8.91. The lowest BCUT2D eigenvalue weighted by atomic mass is 10.1. The standard InChI is InChI=1S/C14H13NO7/c16-11(14(19)20)7-3-4-8-21-22-15-12(17)9-5-1-2-6-10(9)13(15)18/h1-2,5-6H,3-4,7-8H2,(H,19,20). The Morgan fingerprint density at radius 1 is 1.05 bits per heavy atom. The molecule has 0 radical (unpaired) electrons. The van der Waals surface area contributed by atoms with Crippen LogP contribution >= 0.6 is 0 Å². The van der Waals surface area contributed by atoms with Gasteiger partial charge in [-0.1, -0.05) is 12.1 Å². The Morgan fingerprint density at radius 3 is 2.18 bits per heavy atom. The van der Waals surface area contributed by atoms with E-state index in [1.54, 1.807) is 12.1 Å². The molecular weight excluding hydrogens is 294 g/mol. The van der Waals surface area contributed by atoms with Crippen molar-refractivity contribution in [2.24, 2.45) is 0 Å². The van der Waals surface area contributed by atoms with E-state index in [1.165, 1.54) is 12.1 Å². The van der Waals surface area contributed by atoms with E-state index in [9.17, 15) is 19.2 Å². The van der Waals surface area contributed by atoms with Crippen LogP contribution in [0.2, 0.25) is 0 Å². The lowest BCUT2D eigenvalue weighted by molar-refractivity contribution is -0.385. The molecule has 0 atom stereocenters. The third-order valence-corrected chi connectivity index (χ3v) is 3.00. The van der Waals surface area contributed by atoms with E-state index in [1.807, 2.05) is 0 Å². The van der Waals surface area contributed by atoms with Gasteiger partial charge < -0.3 is 5.11 Å². The first-order valence-corrected chi connectivity index (χ1v) is 6.56. The highest BCUT2D eigenvalue weighted by Gasteiger charge is 2.37. The highest BCUT2D eigenvalue weighted by Crippen LogP contribution is 2.22. The Morgan fingerprint density at radius 2 is 1.64 bits per heavy atom. The van der Waals surface area contributed by atoms with Crippen molar-refractivity contribution in [3.8, 4) is 0 Å². The van der Waals surface area contributed by atoms with Gasteiger partial charge in [0.15, 0.2) is 0 Å². The molecule has 0 bridgehead atoms. The molecule has 0 unspecified atom stereocenters. The number of amides is 2. The number of hydrogen-bond donors (Lipinski definition) is 1. The average molecular weight is 307 g/mol. The summed E-state index contributed by atoms with van der Waals surface area (Å²) in [6, 6.07) is 6.29. The number of aliphatic carboxylic acids is 1. The molecule has 0 saturated carbocycles. The minimum absolute atomic E-state index is 0.0142. The number of carboxylic acids is 1. The zero-order chi connectivity index (χ0) is 16.1. The molecule has 1 N–H and O–H groups in total. The predicted octanol–water partition coefficient (Wildman–Crippen LogP) is 0.970. The molecule has 2 amide bonds. The first-order chi connectivity index (χ1) is 10.5.